The Morgan fingerprint density at radius 2 is 1.60 bits per heavy atom. The van der Waals surface area contributed by atoms with Crippen LogP contribution in [0.1, 0.15) is 13.8 Å². The van der Waals surface area contributed by atoms with Gasteiger partial charge in [-0.2, -0.15) is 0 Å². The first-order valence-electron chi connectivity index (χ1n) is 4.52. The van der Waals surface area contributed by atoms with E-state index in [-0.39, 0.29) is 6.10 Å². The van der Waals surface area contributed by atoms with Crippen molar-refractivity contribution in [1.29, 1.82) is 0 Å². The molecule has 0 spiro atoms. The van der Waals surface area contributed by atoms with E-state index >= 15 is 0 Å². The number of hydrogen-bond donors (Lipinski definition) is 2. The number of para-hydroxylation sites is 1. The molecule has 4 nitrogen and oxygen atoms in total. The Bertz CT molecular complexity index is 357. The van der Waals surface area contributed by atoms with Crippen molar-refractivity contribution in [2.24, 2.45) is 0 Å². The molecule has 0 saturated heterocycles. The lowest BCUT2D eigenvalue weighted by atomic mass is 10.3. The summed E-state index contributed by atoms with van der Waals surface area (Å²) in [6.45, 7) is 3.44. The number of hydrogen-bond acceptors (Lipinski definition) is 3. The van der Waals surface area contributed by atoms with Crippen molar-refractivity contribution in [2.45, 2.75) is 20.0 Å². The van der Waals surface area contributed by atoms with Gasteiger partial charge in [-0.3, -0.25) is 4.72 Å². The lowest BCUT2D eigenvalue weighted by Crippen LogP contribution is -2.08. The molecule has 1 rings (SSSR count). The number of anilines is 1. The Kier molecular flexibility index (Phi) is 5.96. The van der Waals surface area contributed by atoms with Crippen LogP contribution in [0.2, 0.25) is 0 Å². The standard InChI is InChI=1S/C7H9NO2S.C3H8O/c1-11(9,10)8-7-5-3-2-4-6-7;1-3(2)4/h2-6,8H,1H3;3-4H,1-2H3. The van der Waals surface area contributed by atoms with Crippen LogP contribution in [0, 0.1) is 0 Å². The monoisotopic (exact) mass is 231 g/mol. The van der Waals surface area contributed by atoms with Gasteiger partial charge in [0, 0.05) is 11.8 Å². The molecule has 0 amide bonds. The van der Waals surface area contributed by atoms with Gasteiger partial charge in [-0.1, -0.05) is 18.2 Å². The highest BCUT2D eigenvalue weighted by atomic mass is 32.2. The SMILES string of the molecule is CC(C)O.CS(=O)(=O)Nc1ccccc1. The molecule has 1 aromatic rings. The number of sulfonamides is 1. The summed E-state index contributed by atoms with van der Waals surface area (Å²) in [5.74, 6) is 0. The van der Waals surface area contributed by atoms with Gasteiger partial charge in [0.05, 0.1) is 6.26 Å². The third-order valence-electron chi connectivity index (χ3n) is 1.08. The maximum Gasteiger partial charge on any atom is 0.229 e. The normalized spacial score (nSPS) is 10.5. The number of aliphatic hydroxyl groups is 1. The van der Waals surface area contributed by atoms with Gasteiger partial charge in [0.15, 0.2) is 0 Å². The van der Waals surface area contributed by atoms with Crippen LogP contribution >= 0.6 is 0 Å². The molecule has 0 bridgehead atoms. The molecule has 0 atom stereocenters. The summed E-state index contributed by atoms with van der Waals surface area (Å²) in [6.07, 6.45) is 0.958. The Hall–Kier alpha value is -1.07. The van der Waals surface area contributed by atoms with E-state index in [0.717, 1.165) is 6.26 Å². The van der Waals surface area contributed by atoms with E-state index in [1.54, 1.807) is 38.1 Å². The summed E-state index contributed by atoms with van der Waals surface area (Å²) in [6, 6.07) is 8.76. The highest BCUT2D eigenvalue weighted by Crippen LogP contribution is 2.05. The maximum absolute atomic E-state index is 10.7. The van der Waals surface area contributed by atoms with Gasteiger partial charge in [0.25, 0.3) is 0 Å². The predicted octanol–water partition coefficient (Wildman–Crippen LogP) is 1.45. The fourth-order valence-corrected chi connectivity index (χ4v) is 1.28. The average Bonchev–Trinajstić information content (AvgIpc) is 2.01. The summed E-state index contributed by atoms with van der Waals surface area (Å²) in [5, 5.41) is 8.06. The van der Waals surface area contributed by atoms with Gasteiger partial charge in [-0.15, -0.1) is 0 Å². The molecular weight excluding hydrogens is 214 g/mol. The van der Waals surface area contributed by atoms with Crippen LogP contribution < -0.4 is 4.72 Å². The molecule has 86 valence electrons. The van der Waals surface area contributed by atoms with E-state index in [1.165, 1.54) is 0 Å². The highest BCUT2D eigenvalue weighted by molar-refractivity contribution is 7.92. The molecule has 0 aliphatic carbocycles. The van der Waals surface area contributed by atoms with Crippen LogP contribution in [-0.4, -0.2) is 25.9 Å². The van der Waals surface area contributed by atoms with Crippen molar-refractivity contribution in [3.05, 3.63) is 30.3 Å². The first kappa shape index (κ1) is 13.9. The van der Waals surface area contributed by atoms with Gasteiger partial charge < -0.3 is 5.11 Å². The minimum absolute atomic E-state index is 0.167. The van der Waals surface area contributed by atoms with Crippen molar-refractivity contribution < 1.29 is 13.5 Å². The van der Waals surface area contributed by atoms with Crippen LogP contribution in [0.3, 0.4) is 0 Å². The Labute approximate surface area is 91.0 Å². The second-order valence-corrected chi connectivity index (χ2v) is 5.08. The highest BCUT2D eigenvalue weighted by Gasteiger charge is 1.98. The van der Waals surface area contributed by atoms with Crippen molar-refractivity contribution in [2.75, 3.05) is 11.0 Å². The quantitative estimate of drug-likeness (QED) is 0.809. The first-order valence-corrected chi connectivity index (χ1v) is 6.41. The Morgan fingerprint density at radius 1 is 1.20 bits per heavy atom. The molecule has 0 aliphatic rings. The van der Waals surface area contributed by atoms with Crippen molar-refractivity contribution in [3.8, 4) is 0 Å². The number of nitrogens with one attached hydrogen (secondary N) is 1. The molecular formula is C10H17NO3S. The van der Waals surface area contributed by atoms with E-state index in [0.29, 0.717) is 5.69 Å². The van der Waals surface area contributed by atoms with Gasteiger partial charge in [0.1, 0.15) is 0 Å². The first-order chi connectivity index (χ1) is 6.81. The fraction of sp³-hybridized carbons (Fsp3) is 0.400. The Balaban J connectivity index is 0.000000423. The van der Waals surface area contributed by atoms with E-state index in [1.807, 2.05) is 6.07 Å². The molecule has 0 aromatic heterocycles. The molecule has 5 heteroatoms. The number of rotatable bonds is 2. The molecule has 0 unspecified atom stereocenters. The van der Waals surface area contributed by atoms with Crippen molar-refractivity contribution in [1.82, 2.24) is 0 Å². The molecule has 2 N–H and O–H groups in total. The number of benzene rings is 1. The third-order valence-corrected chi connectivity index (χ3v) is 1.68. The minimum Gasteiger partial charge on any atom is -0.394 e. The second kappa shape index (κ2) is 6.42. The van der Waals surface area contributed by atoms with Crippen molar-refractivity contribution in [3.63, 3.8) is 0 Å². The third kappa shape index (κ3) is 10.9. The van der Waals surface area contributed by atoms with Crippen LogP contribution in [0.15, 0.2) is 30.3 Å². The molecule has 0 fully saturated rings. The summed E-state index contributed by atoms with van der Waals surface area (Å²) >= 11 is 0. The van der Waals surface area contributed by atoms with E-state index in [9.17, 15) is 8.42 Å². The molecule has 15 heavy (non-hydrogen) atoms. The van der Waals surface area contributed by atoms with Crippen molar-refractivity contribution >= 4 is 15.7 Å². The molecule has 0 aliphatic heterocycles. The van der Waals surface area contributed by atoms with E-state index in [2.05, 4.69) is 4.72 Å². The minimum atomic E-state index is -3.13. The van der Waals surface area contributed by atoms with Crippen LogP contribution in [0.4, 0.5) is 5.69 Å². The topological polar surface area (TPSA) is 66.4 Å². The van der Waals surface area contributed by atoms with E-state index < -0.39 is 10.0 Å². The Morgan fingerprint density at radius 3 is 1.93 bits per heavy atom. The summed E-state index contributed by atoms with van der Waals surface area (Å²) in [7, 11) is -3.13. The largest absolute Gasteiger partial charge is 0.394 e. The zero-order valence-corrected chi connectivity index (χ0v) is 9.95. The molecule has 0 saturated carbocycles. The summed E-state index contributed by atoms with van der Waals surface area (Å²) < 4.78 is 23.7. The lowest BCUT2D eigenvalue weighted by molar-refractivity contribution is 0.216. The maximum atomic E-state index is 10.7. The van der Waals surface area contributed by atoms with Gasteiger partial charge in [-0.25, -0.2) is 8.42 Å². The lowest BCUT2D eigenvalue weighted by Gasteiger charge is -2.00. The van der Waals surface area contributed by atoms with Gasteiger partial charge in [-0.05, 0) is 26.0 Å². The number of aliphatic hydroxyl groups excluding tert-OH is 1. The zero-order valence-electron chi connectivity index (χ0n) is 9.14. The fourth-order valence-electron chi connectivity index (χ4n) is 0.720. The van der Waals surface area contributed by atoms with Crippen LogP contribution in [-0.2, 0) is 10.0 Å². The molecule has 1 aromatic carbocycles. The zero-order chi connectivity index (χ0) is 11.9. The van der Waals surface area contributed by atoms with E-state index in [4.69, 9.17) is 5.11 Å². The summed E-state index contributed by atoms with van der Waals surface area (Å²) in [5.41, 5.74) is 0.593. The molecule has 0 heterocycles. The summed E-state index contributed by atoms with van der Waals surface area (Å²) in [4.78, 5) is 0. The second-order valence-electron chi connectivity index (χ2n) is 3.33. The van der Waals surface area contributed by atoms with Crippen LogP contribution in [0.5, 0.6) is 0 Å². The predicted molar refractivity (Wildman–Crippen MR) is 62.3 cm³/mol. The smallest absolute Gasteiger partial charge is 0.229 e. The average molecular weight is 231 g/mol. The molecule has 0 radical (unpaired) electrons. The van der Waals surface area contributed by atoms with Gasteiger partial charge >= 0.3 is 0 Å². The van der Waals surface area contributed by atoms with Crippen LogP contribution in [0.25, 0.3) is 0 Å². The van der Waals surface area contributed by atoms with Gasteiger partial charge in [0.2, 0.25) is 10.0 Å².